The molecule has 0 aromatic heterocycles. The van der Waals surface area contributed by atoms with Crippen LogP contribution in [0.3, 0.4) is 0 Å². The van der Waals surface area contributed by atoms with E-state index in [1.807, 2.05) is 0 Å². The number of hydrogen-bond donors (Lipinski definition) is 1. The molecule has 19 heavy (non-hydrogen) atoms. The summed E-state index contributed by atoms with van der Waals surface area (Å²) in [5.74, 6) is -0.521. The zero-order valence-electron chi connectivity index (χ0n) is 10.8. The van der Waals surface area contributed by atoms with Gasteiger partial charge in [0.1, 0.15) is 12.4 Å². The van der Waals surface area contributed by atoms with E-state index in [0.29, 0.717) is 18.0 Å². The summed E-state index contributed by atoms with van der Waals surface area (Å²) in [5.41, 5.74) is 0.696. The van der Waals surface area contributed by atoms with Crippen LogP contribution >= 0.6 is 0 Å². The van der Waals surface area contributed by atoms with E-state index >= 15 is 0 Å². The van der Waals surface area contributed by atoms with Crippen molar-refractivity contribution in [2.75, 3.05) is 18.6 Å². The van der Waals surface area contributed by atoms with Gasteiger partial charge in [-0.1, -0.05) is 12.7 Å². The summed E-state index contributed by atoms with van der Waals surface area (Å²) in [4.78, 5) is 23.6. The van der Waals surface area contributed by atoms with Crippen LogP contribution in [-0.4, -0.2) is 30.6 Å². The Morgan fingerprint density at radius 3 is 2.47 bits per heavy atom. The van der Waals surface area contributed by atoms with E-state index < -0.39 is 5.97 Å². The Morgan fingerprint density at radius 2 is 1.95 bits per heavy atom. The van der Waals surface area contributed by atoms with E-state index in [2.05, 4.69) is 6.58 Å². The first-order valence-corrected chi connectivity index (χ1v) is 5.86. The highest BCUT2D eigenvalue weighted by atomic mass is 16.5. The molecule has 0 heterocycles. The molecule has 0 atom stereocenters. The van der Waals surface area contributed by atoms with Gasteiger partial charge in [-0.25, -0.2) is 0 Å². The maximum Gasteiger partial charge on any atom is 0.303 e. The van der Waals surface area contributed by atoms with E-state index in [9.17, 15) is 9.59 Å². The van der Waals surface area contributed by atoms with Crippen LogP contribution in [0.25, 0.3) is 0 Å². The highest BCUT2D eigenvalue weighted by Crippen LogP contribution is 2.19. The standard InChI is InChI=1S/C14H17NO4/c1-3-10-19-12-6-4-11(5-7-12)15(2)13(16)8-9-14(17)18/h3-7H,1,8-10H2,2H3,(H,17,18). The summed E-state index contributed by atoms with van der Waals surface area (Å²) in [5, 5.41) is 8.54. The summed E-state index contributed by atoms with van der Waals surface area (Å²) < 4.78 is 5.33. The van der Waals surface area contributed by atoms with Gasteiger partial charge in [-0.15, -0.1) is 0 Å². The number of carbonyl (C=O) groups is 2. The molecule has 0 fully saturated rings. The van der Waals surface area contributed by atoms with Crippen molar-refractivity contribution in [1.29, 1.82) is 0 Å². The predicted octanol–water partition coefficient (Wildman–Crippen LogP) is 2.08. The molecule has 0 aliphatic rings. The van der Waals surface area contributed by atoms with Crippen LogP contribution < -0.4 is 9.64 Å². The van der Waals surface area contributed by atoms with Gasteiger partial charge in [-0.05, 0) is 24.3 Å². The van der Waals surface area contributed by atoms with Crippen LogP contribution in [0.5, 0.6) is 5.75 Å². The molecule has 1 rings (SSSR count). The molecule has 0 saturated carbocycles. The average Bonchev–Trinajstić information content (AvgIpc) is 2.42. The summed E-state index contributed by atoms with van der Waals surface area (Å²) in [6.07, 6.45) is 1.47. The highest BCUT2D eigenvalue weighted by molar-refractivity contribution is 5.94. The van der Waals surface area contributed by atoms with Crippen molar-refractivity contribution in [1.82, 2.24) is 0 Å². The van der Waals surface area contributed by atoms with Gasteiger partial charge in [0.25, 0.3) is 0 Å². The lowest BCUT2D eigenvalue weighted by atomic mass is 10.2. The maximum absolute atomic E-state index is 11.7. The first-order chi connectivity index (χ1) is 9.04. The van der Waals surface area contributed by atoms with E-state index in [0.717, 1.165) is 0 Å². The van der Waals surface area contributed by atoms with Crippen LogP contribution in [0.1, 0.15) is 12.8 Å². The van der Waals surface area contributed by atoms with Crippen LogP contribution in [-0.2, 0) is 9.59 Å². The largest absolute Gasteiger partial charge is 0.490 e. The number of carbonyl (C=O) groups excluding carboxylic acids is 1. The molecular weight excluding hydrogens is 246 g/mol. The monoisotopic (exact) mass is 263 g/mol. The van der Waals surface area contributed by atoms with Crippen LogP contribution in [0.2, 0.25) is 0 Å². The van der Waals surface area contributed by atoms with Gasteiger partial charge >= 0.3 is 5.97 Å². The molecule has 5 heteroatoms. The third kappa shape index (κ3) is 4.83. The second-order valence-electron chi connectivity index (χ2n) is 3.94. The molecule has 1 aromatic rings. The fraction of sp³-hybridized carbons (Fsp3) is 0.286. The van der Waals surface area contributed by atoms with Crippen molar-refractivity contribution in [3.63, 3.8) is 0 Å². The van der Waals surface area contributed by atoms with Gasteiger partial charge < -0.3 is 14.7 Å². The molecule has 102 valence electrons. The summed E-state index contributed by atoms with van der Waals surface area (Å²) in [7, 11) is 1.61. The average molecular weight is 263 g/mol. The van der Waals surface area contributed by atoms with Gasteiger partial charge in [-0.3, -0.25) is 9.59 Å². The number of nitrogens with zero attached hydrogens (tertiary/aromatic N) is 1. The van der Waals surface area contributed by atoms with Crippen molar-refractivity contribution >= 4 is 17.6 Å². The van der Waals surface area contributed by atoms with Crippen molar-refractivity contribution in [2.24, 2.45) is 0 Å². The molecule has 0 radical (unpaired) electrons. The zero-order valence-corrected chi connectivity index (χ0v) is 10.8. The normalized spacial score (nSPS) is 9.74. The Labute approximate surface area is 112 Å². The smallest absolute Gasteiger partial charge is 0.303 e. The first-order valence-electron chi connectivity index (χ1n) is 5.86. The number of rotatable bonds is 7. The number of aliphatic carboxylic acids is 1. The van der Waals surface area contributed by atoms with Gasteiger partial charge in [0, 0.05) is 19.2 Å². The third-order valence-electron chi connectivity index (χ3n) is 2.52. The third-order valence-corrected chi connectivity index (χ3v) is 2.52. The Hall–Kier alpha value is -2.30. The number of ether oxygens (including phenoxy) is 1. The van der Waals surface area contributed by atoms with Crippen molar-refractivity contribution in [3.05, 3.63) is 36.9 Å². The molecule has 0 spiro atoms. The summed E-state index contributed by atoms with van der Waals surface area (Å²) in [6, 6.07) is 6.99. The van der Waals surface area contributed by atoms with Crippen LogP contribution in [0.15, 0.2) is 36.9 Å². The second kappa shape index (κ2) is 7.20. The van der Waals surface area contributed by atoms with Crippen molar-refractivity contribution < 1.29 is 19.4 Å². The quantitative estimate of drug-likeness (QED) is 0.765. The Bertz CT molecular complexity index is 453. The molecule has 1 N–H and O–H groups in total. The summed E-state index contributed by atoms with van der Waals surface area (Å²) in [6.45, 7) is 3.98. The number of benzene rings is 1. The summed E-state index contributed by atoms with van der Waals surface area (Å²) >= 11 is 0. The minimum Gasteiger partial charge on any atom is -0.490 e. The number of anilines is 1. The fourth-order valence-electron chi connectivity index (χ4n) is 1.45. The number of carboxylic acid groups (broad SMARTS) is 1. The minimum absolute atomic E-state index is 0.0133. The molecule has 0 saturated heterocycles. The lowest BCUT2D eigenvalue weighted by Crippen LogP contribution is -2.26. The number of carboxylic acids is 1. The topological polar surface area (TPSA) is 66.8 Å². The molecule has 0 aliphatic heterocycles. The molecule has 1 amide bonds. The van der Waals surface area contributed by atoms with Gasteiger partial charge in [-0.2, -0.15) is 0 Å². The first kappa shape index (κ1) is 14.8. The van der Waals surface area contributed by atoms with Crippen molar-refractivity contribution in [3.8, 4) is 5.75 Å². The SMILES string of the molecule is C=CCOc1ccc(N(C)C(=O)CCC(=O)O)cc1. The second-order valence-corrected chi connectivity index (χ2v) is 3.94. The molecule has 0 bridgehead atoms. The van der Waals surface area contributed by atoms with E-state index in [-0.39, 0.29) is 18.7 Å². The Morgan fingerprint density at radius 1 is 1.32 bits per heavy atom. The molecule has 0 aliphatic carbocycles. The fourth-order valence-corrected chi connectivity index (χ4v) is 1.45. The van der Waals surface area contributed by atoms with Gasteiger partial charge in [0.05, 0.1) is 6.42 Å². The van der Waals surface area contributed by atoms with Crippen LogP contribution in [0.4, 0.5) is 5.69 Å². The molecule has 5 nitrogen and oxygen atoms in total. The van der Waals surface area contributed by atoms with E-state index in [1.165, 1.54) is 4.90 Å². The van der Waals surface area contributed by atoms with E-state index in [4.69, 9.17) is 9.84 Å². The number of amides is 1. The van der Waals surface area contributed by atoms with Crippen LogP contribution in [0, 0.1) is 0 Å². The lowest BCUT2D eigenvalue weighted by molar-refractivity contribution is -0.138. The zero-order chi connectivity index (χ0) is 14.3. The van der Waals surface area contributed by atoms with Crippen molar-refractivity contribution in [2.45, 2.75) is 12.8 Å². The maximum atomic E-state index is 11.7. The lowest BCUT2D eigenvalue weighted by Gasteiger charge is -2.17. The van der Waals surface area contributed by atoms with Gasteiger partial charge in [0.15, 0.2) is 0 Å². The predicted molar refractivity (Wildman–Crippen MR) is 72.4 cm³/mol. The number of hydrogen-bond acceptors (Lipinski definition) is 3. The Kier molecular flexibility index (Phi) is 5.60. The Balaban J connectivity index is 2.61. The van der Waals surface area contributed by atoms with E-state index in [1.54, 1.807) is 37.4 Å². The molecular formula is C14H17NO4. The molecule has 0 unspecified atom stereocenters. The highest BCUT2D eigenvalue weighted by Gasteiger charge is 2.12. The van der Waals surface area contributed by atoms with Gasteiger partial charge in [0.2, 0.25) is 5.91 Å². The minimum atomic E-state index is -0.977. The molecule has 1 aromatic carbocycles.